The lowest BCUT2D eigenvalue weighted by Gasteiger charge is -2.08. The van der Waals surface area contributed by atoms with Crippen LogP contribution in [0, 0.1) is 0 Å². The fourth-order valence-electron chi connectivity index (χ4n) is 1.49. The monoisotopic (exact) mass is 280 g/mol. The summed E-state index contributed by atoms with van der Waals surface area (Å²) in [5, 5.41) is 17.3. The van der Waals surface area contributed by atoms with E-state index in [1.54, 1.807) is 18.6 Å². The van der Waals surface area contributed by atoms with Crippen molar-refractivity contribution in [1.29, 1.82) is 0 Å². The Bertz CT molecular complexity index is 457. The van der Waals surface area contributed by atoms with Crippen LogP contribution in [0.1, 0.15) is 12.8 Å². The zero-order chi connectivity index (χ0) is 15.0. The third-order valence-electron chi connectivity index (χ3n) is 2.66. The van der Waals surface area contributed by atoms with Crippen molar-refractivity contribution < 1.29 is 15.0 Å². The number of aromatic hydroxyl groups is 1. The van der Waals surface area contributed by atoms with Gasteiger partial charge in [-0.25, -0.2) is 9.79 Å². The van der Waals surface area contributed by atoms with Crippen molar-refractivity contribution in [2.75, 3.05) is 27.2 Å². The molecule has 1 aliphatic rings. The zero-order valence-corrected chi connectivity index (χ0v) is 11.7. The van der Waals surface area contributed by atoms with Gasteiger partial charge in [0.2, 0.25) is 0 Å². The van der Waals surface area contributed by atoms with E-state index in [1.165, 1.54) is 33.1 Å². The van der Waals surface area contributed by atoms with Gasteiger partial charge in [0.15, 0.2) is 5.75 Å². The first-order valence-electron chi connectivity index (χ1n) is 6.32. The summed E-state index contributed by atoms with van der Waals surface area (Å²) in [6.45, 7) is 2.13. The quantitative estimate of drug-likeness (QED) is 0.636. The number of aliphatic imine (C=N–C) groups is 1. The molecule has 1 saturated heterocycles. The van der Waals surface area contributed by atoms with Crippen molar-refractivity contribution in [1.82, 2.24) is 14.8 Å². The predicted molar refractivity (Wildman–Crippen MR) is 76.6 cm³/mol. The second kappa shape index (κ2) is 7.98. The Hall–Kier alpha value is -2.31. The molecular weight excluding hydrogens is 260 g/mol. The molecule has 2 rings (SSSR count). The first-order chi connectivity index (χ1) is 9.50. The molecule has 1 amide bonds. The maximum absolute atomic E-state index is 9.62. The van der Waals surface area contributed by atoms with E-state index in [0.29, 0.717) is 5.69 Å². The minimum atomic E-state index is -0.907. The van der Waals surface area contributed by atoms with Crippen LogP contribution in [-0.2, 0) is 0 Å². The molecule has 0 spiro atoms. The van der Waals surface area contributed by atoms with Gasteiger partial charge < -0.3 is 20.0 Å². The Morgan fingerprint density at radius 1 is 1.45 bits per heavy atom. The smallest absolute Gasteiger partial charge is 0.406 e. The van der Waals surface area contributed by atoms with Crippen LogP contribution in [0.5, 0.6) is 5.75 Å². The van der Waals surface area contributed by atoms with Crippen molar-refractivity contribution in [3.63, 3.8) is 0 Å². The molecule has 0 atom stereocenters. The molecule has 1 fully saturated rings. The fourth-order valence-corrected chi connectivity index (χ4v) is 1.49. The van der Waals surface area contributed by atoms with Gasteiger partial charge in [-0.3, -0.25) is 4.98 Å². The van der Waals surface area contributed by atoms with Gasteiger partial charge in [-0.05, 0) is 18.9 Å². The molecule has 20 heavy (non-hydrogen) atoms. The highest BCUT2D eigenvalue weighted by Crippen LogP contribution is 2.23. The van der Waals surface area contributed by atoms with E-state index in [4.69, 9.17) is 5.11 Å². The van der Waals surface area contributed by atoms with Gasteiger partial charge in [0, 0.05) is 33.4 Å². The zero-order valence-electron chi connectivity index (χ0n) is 11.7. The largest absolute Gasteiger partial charge is 0.504 e. The summed E-state index contributed by atoms with van der Waals surface area (Å²) in [5.41, 5.74) is 0.576. The number of rotatable bonds is 2. The van der Waals surface area contributed by atoms with Crippen LogP contribution < -0.4 is 0 Å². The Morgan fingerprint density at radius 3 is 2.55 bits per heavy atom. The lowest BCUT2D eigenvalue weighted by Crippen LogP contribution is -2.18. The highest BCUT2D eigenvalue weighted by atomic mass is 16.4. The molecule has 0 bridgehead atoms. The van der Waals surface area contributed by atoms with E-state index < -0.39 is 6.09 Å². The Morgan fingerprint density at radius 2 is 2.05 bits per heavy atom. The molecule has 0 saturated carbocycles. The average molecular weight is 280 g/mol. The van der Waals surface area contributed by atoms with Crippen molar-refractivity contribution >= 4 is 18.1 Å². The molecule has 0 aliphatic carbocycles. The molecule has 1 aromatic rings. The van der Waals surface area contributed by atoms with Gasteiger partial charge in [-0.15, -0.1) is 0 Å². The maximum Gasteiger partial charge on any atom is 0.406 e. The van der Waals surface area contributed by atoms with Crippen molar-refractivity contribution in [3.05, 3.63) is 18.5 Å². The number of hydrogen-bond acceptors (Lipinski definition) is 4. The average Bonchev–Trinajstić information content (AvgIpc) is 2.91. The minimum absolute atomic E-state index is 0.128. The van der Waals surface area contributed by atoms with Crippen LogP contribution in [0.2, 0.25) is 0 Å². The number of pyridine rings is 1. The molecule has 0 unspecified atom stereocenters. The van der Waals surface area contributed by atoms with Crippen LogP contribution in [0.4, 0.5) is 10.5 Å². The Balaban J connectivity index is 0.000000286. The minimum Gasteiger partial charge on any atom is -0.504 e. The van der Waals surface area contributed by atoms with Gasteiger partial charge in [-0.2, -0.15) is 0 Å². The van der Waals surface area contributed by atoms with E-state index in [2.05, 4.69) is 14.9 Å². The molecule has 1 aliphatic heterocycles. The van der Waals surface area contributed by atoms with E-state index in [1.807, 2.05) is 0 Å². The molecule has 7 heteroatoms. The second-order valence-corrected chi connectivity index (χ2v) is 4.53. The standard InChI is InChI=1S/C10H13N3O.C3H7NO2/c14-10-7-11-4-3-9(10)12-8-13-5-1-2-6-13;1-4(2)3(5)6/h3-4,7-8,14H,1-2,5-6H2;1-2H3,(H,5,6). The summed E-state index contributed by atoms with van der Waals surface area (Å²) in [6, 6.07) is 1.70. The number of carboxylic acid groups (broad SMARTS) is 1. The molecule has 2 N–H and O–H groups in total. The number of likely N-dealkylation sites (tertiary alicyclic amines) is 1. The van der Waals surface area contributed by atoms with E-state index >= 15 is 0 Å². The summed E-state index contributed by atoms with van der Waals surface area (Å²) >= 11 is 0. The molecule has 2 heterocycles. The molecule has 0 radical (unpaired) electrons. The highest BCUT2D eigenvalue weighted by Gasteiger charge is 2.07. The summed E-state index contributed by atoms with van der Waals surface area (Å²) in [4.78, 5) is 20.8. The number of carbonyl (C=O) groups is 1. The molecule has 1 aromatic heterocycles. The van der Waals surface area contributed by atoms with E-state index in [0.717, 1.165) is 18.0 Å². The van der Waals surface area contributed by atoms with Crippen molar-refractivity contribution in [3.8, 4) is 5.75 Å². The summed E-state index contributed by atoms with van der Waals surface area (Å²) in [6.07, 6.45) is 6.37. The third-order valence-corrected chi connectivity index (χ3v) is 2.66. The highest BCUT2D eigenvalue weighted by molar-refractivity contribution is 5.64. The molecular formula is C13H20N4O3. The van der Waals surface area contributed by atoms with Gasteiger partial charge in [-0.1, -0.05) is 0 Å². The maximum atomic E-state index is 9.62. The topological polar surface area (TPSA) is 89.3 Å². The van der Waals surface area contributed by atoms with Crippen molar-refractivity contribution in [2.24, 2.45) is 4.99 Å². The van der Waals surface area contributed by atoms with Gasteiger partial charge in [0.25, 0.3) is 0 Å². The Kier molecular flexibility index (Phi) is 6.28. The normalized spacial score (nSPS) is 14.0. The van der Waals surface area contributed by atoms with Crippen LogP contribution in [0.3, 0.4) is 0 Å². The van der Waals surface area contributed by atoms with Crippen molar-refractivity contribution in [2.45, 2.75) is 12.8 Å². The first-order valence-corrected chi connectivity index (χ1v) is 6.32. The van der Waals surface area contributed by atoms with E-state index in [-0.39, 0.29) is 5.75 Å². The number of nitrogens with zero attached hydrogens (tertiary/aromatic N) is 4. The SMILES string of the molecule is CN(C)C(=O)O.Oc1cnccc1N=CN1CCCC1. The molecule has 110 valence electrons. The van der Waals surface area contributed by atoms with Crippen LogP contribution >= 0.6 is 0 Å². The summed E-state index contributed by atoms with van der Waals surface area (Å²) < 4.78 is 0. The lowest BCUT2D eigenvalue weighted by atomic mass is 10.4. The van der Waals surface area contributed by atoms with E-state index in [9.17, 15) is 9.90 Å². The Labute approximate surface area is 118 Å². The van der Waals surface area contributed by atoms with Crippen LogP contribution in [0.15, 0.2) is 23.5 Å². The first kappa shape index (κ1) is 15.7. The van der Waals surface area contributed by atoms with Crippen LogP contribution in [-0.4, -0.2) is 64.6 Å². The van der Waals surface area contributed by atoms with Gasteiger partial charge in [0.1, 0.15) is 5.69 Å². The number of aromatic nitrogens is 1. The number of hydrogen-bond donors (Lipinski definition) is 2. The molecule has 7 nitrogen and oxygen atoms in total. The predicted octanol–water partition coefficient (Wildman–Crippen LogP) is 1.77. The summed E-state index contributed by atoms with van der Waals surface area (Å²) in [7, 11) is 2.95. The third kappa shape index (κ3) is 5.55. The fraction of sp³-hybridized carbons (Fsp3) is 0.462. The lowest BCUT2D eigenvalue weighted by molar-refractivity contribution is 0.165. The second-order valence-electron chi connectivity index (χ2n) is 4.53. The van der Waals surface area contributed by atoms with Gasteiger partial charge in [0.05, 0.1) is 12.5 Å². The van der Waals surface area contributed by atoms with Crippen LogP contribution in [0.25, 0.3) is 0 Å². The number of amides is 1. The summed E-state index contributed by atoms with van der Waals surface area (Å²) in [5.74, 6) is 0.128. The van der Waals surface area contributed by atoms with Gasteiger partial charge >= 0.3 is 6.09 Å². The molecule has 0 aromatic carbocycles.